The summed E-state index contributed by atoms with van der Waals surface area (Å²) < 4.78 is 7.26. The molecule has 0 radical (unpaired) electrons. The number of benzene rings is 3. The van der Waals surface area contributed by atoms with Gasteiger partial charge < -0.3 is 9.84 Å². The second-order valence-electron chi connectivity index (χ2n) is 5.09. The topological polar surface area (TPSA) is 47.3 Å². The number of rotatable bonds is 2. The summed E-state index contributed by atoms with van der Waals surface area (Å²) in [4.78, 5) is 0. The number of para-hydroxylation sites is 1. The second kappa shape index (κ2) is 4.77. The van der Waals surface area contributed by atoms with Gasteiger partial charge in [0.1, 0.15) is 5.75 Å². The third-order valence-electron chi connectivity index (χ3n) is 3.83. The van der Waals surface area contributed by atoms with E-state index in [0.717, 1.165) is 27.4 Å². The summed E-state index contributed by atoms with van der Waals surface area (Å²) in [5.74, 6) is 0.790. The lowest BCUT2D eigenvalue weighted by molar-refractivity contribution is 0.398. The molecule has 4 heteroatoms. The number of aromatic hydroxyl groups is 1. The van der Waals surface area contributed by atoms with E-state index in [1.165, 1.54) is 0 Å². The molecule has 0 aliphatic carbocycles. The smallest absolute Gasteiger partial charge is 0.241 e. The van der Waals surface area contributed by atoms with Gasteiger partial charge in [-0.15, -0.1) is 5.10 Å². The molecular formula is C18H14N2O2. The van der Waals surface area contributed by atoms with E-state index >= 15 is 0 Å². The van der Waals surface area contributed by atoms with Crippen molar-refractivity contribution in [3.05, 3.63) is 60.7 Å². The number of methoxy groups -OCH3 is 1. The molecule has 0 bridgehead atoms. The molecule has 1 aromatic heterocycles. The first-order chi connectivity index (χ1) is 10.8. The monoisotopic (exact) mass is 290 g/mol. The number of aromatic nitrogens is 2. The van der Waals surface area contributed by atoms with Crippen molar-refractivity contribution in [2.45, 2.75) is 0 Å². The van der Waals surface area contributed by atoms with Gasteiger partial charge in [-0.2, -0.15) is 0 Å². The Bertz CT molecular complexity index is 975. The van der Waals surface area contributed by atoms with Gasteiger partial charge in [0.25, 0.3) is 0 Å². The van der Waals surface area contributed by atoms with Crippen LogP contribution in [-0.2, 0) is 0 Å². The van der Waals surface area contributed by atoms with Gasteiger partial charge in [0.15, 0.2) is 0 Å². The minimum Gasteiger partial charge on any atom is -0.507 e. The SMILES string of the molecule is COc1nn(-c2ccccc2)c2cc(O)c3ccccc3c12. The lowest BCUT2D eigenvalue weighted by atomic mass is 10.1. The van der Waals surface area contributed by atoms with Crippen molar-refractivity contribution in [1.82, 2.24) is 9.78 Å². The number of ether oxygens (including phenoxy) is 1. The number of hydrogen-bond acceptors (Lipinski definition) is 3. The summed E-state index contributed by atoms with van der Waals surface area (Å²) in [6.45, 7) is 0. The molecule has 1 N–H and O–H groups in total. The second-order valence-corrected chi connectivity index (χ2v) is 5.09. The maximum absolute atomic E-state index is 10.3. The van der Waals surface area contributed by atoms with Crippen LogP contribution in [0.3, 0.4) is 0 Å². The Hall–Kier alpha value is -3.01. The summed E-state index contributed by atoms with van der Waals surface area (Å²) in [5, 5.41) is 17.5. The average Bonchev–Trinajstić information content (AvgIpc) is 2.94. The quantitative estimate of drug-likeness (QED) is 0.609. The Morgan fingerprint density at radius 3 is 2.36 bits per heavy atom. The molecule has 22 heavy (non-hydrogen) atoms. The largest absolute Gasteiger partial charge is 0.507 e. The number of phenolic OH excluding ortho intramolecular Hbond substituents is 1. The third-order valence-corrected chi connectivity index (χ3v) is 3.83. The van der Waals surface area contributed by atoms with Crippen LogP contribution < -0.4 is 4.74 Å². The van der Waals surface area contributed by atoms with Crippen LogP contribution in [-0.4, -0.2) is 22.0 Å². The van der Waals surface area contributed by atoms with E-state index in [-0.39, 0.29) is 5.75 Å². The fraction of sp³-hybridized carbons (Fsp3) is 0.0556. The minimum absolute atomic E-state index is 0.239. The van der Waals surface area contributed by atoms with E-state index in [1.807, 2.05) is 54.6 Å². The predicted molar refractivity (Wildman–Crippen MR) is 86.8 cm³/mol. The van der Waals surface area contributed by atoms with Crippen LogP contribution in [0.1, 0.15) is 0 Å². The number of phenols is 1. The zero-order valence-corrected chi connectivity index (χ0v) is 12.0. The molecule has 0 aliphatic rings. The zero-order valence-electron chi connectivity index (χ0n) is 12.0. The first kappa shape index (κ1) is 12.7. The van der Waals surface area contributed by atoms with Crippen molar-refractivity contribution in [2.24, 2.45) is 0 Å². The highest BCUT2D eigenvalue weighted by Gasteiger charge is 2.17. The zero-order chi connectivity index (χ0) is 15.1. The van der Waals surface area contributed by atoms with Crippen molar-refractivity contribution in [3.63, 3.8) is 0 Å². The molecule has 4 rings (SSSR count). The molecule has 0 atom stereocenters. The van der Waals surface area contributed by atoms with Gasteiger partial charge in [-0.1, -0.05) is 42.5 Å². The Morgan fingerprint density at radius 1 is 0.955 bits per heavy atom. The summed E-state index contributed by atoms with van der Waals surface area (Å²) in [7, 11) is 1.61. The van der Waals surface area contributed by atoms with Crippen LogP contribution in [0.4, 0.5) is 0 Å². The molecule has 0 fully saturated rings. The van der Waals surface area contributed by atoms with Crippen LogP contribution in [0.2, 0.25) is 0 Å². The molecule has 0 spiro atoms. The van der Waals surface area contributed by atoms with E-state index in [1.54, 1.807) is 17.9 Å². The van der Waals surface area contributed by atoms with E-state index in [0.29, 0.717) is 5.88 Å². The van der Waals surface area contributed by atoms with Crippen molar-refractivity contribution < 1.29 is 9.84 Å². The Morgan fingerprint density at radius 2 is 1.64 bits per heavy atom. The lowest BCUT2D eigenvalue weighted by Crippen LogP contribution is -1.96. The van der Waals surface area contributed by atoms with E-state index in [9.17, 15) is 5.11 Å². The predicted octanol–water partition coefficient (Wildman–Crippen LogP) is 3.89. The van der Waals surface area contributed by atoms with Crippen molar-refractivity contribution in [2.75, 3.05) is 7.11 Å². The summed E-state index contributed by atoms with van der Waals surface area (Å²) >= 11 is 0. The van der Waals surface area contributed by atoms with E-state index < -0.39 is 0 Å². The summed E-state index contributed by atoms with van der Waals surface area (Å²) in [5.41, 5.74) is 1.74. The van der Waals surface area contributed by atoms with Crippen LogP contribution in [0.15, 0.2) is 60.7 Å². The molecular weight excluding hydrogens is 276 g/mol. The van der Waals surface area contributed by atoms with Crippen LogP contribution in [0, 0.1) is 0 Å². The standard InChI is InChI=1S/C18H14N2O2/c1-22-18-17-14-10-6-5-9-13(14)16(21)11-15(17)20(19-18)12-7-3-2-4-8-12/h2-11,21H,1H3. The first-order valence-corrected chi connectivity index (χ1v) is 7.02. The number of hydrogen-bond donors (Lipinski definition) is 1. The molecule has 0 aliphatic heterocycles. The van der Waals surface area contributed by atoms with Crippen molar-refractivity contribution >= 4 is 21.7 Å². The van der Waals surface area contributed by atoms with Gasteiger partial charge in [-0.25, -0.2) is 4.68 Å². The van der Waals surface area contributed by atoms with Gasteiger partial charge in [-0.05, 0) is 12.1 Å². The first-order valence-electron chi connectivity index (χ1n) is 7.02. The summed E-state index contributed by atoms with van der Waals surface area (Å²) in [6.07, 6.45) is 0. The highest BCUT2D eigenvalue weighted by Crippen LogP contribution is 2.38. The maximum Gasteiger partial charge on any atom is 0.241 e. The fourth-order valence-electron chi connectivity index (χ4n) is 2.84. The Labute approximate surface area is 127 Å². The van der Waals surface area contributed by atoms with Gasteiger partial charge >= 0.3 is 0 Å². The van der Waals surface area contributed by atoms with Crippen LogP contribution in [0.25, 0.3) is 27.4 Å². The van der Waals surface area contributed by atoms with Crippen molar-refractivity contribution in [1.29, 1.82) is 0 Å². The fourth-order valence-corrected chi connectivity index (χ4v) is 2.84. The van der Waals surface area contributed by atoms with Crippen LogP contribution in [0.5, 0.6) is 11.6 Å². The molecule has 0 saturated heterocycles. The maximum atomic E-state index is 10.3. The average molecular weight is 290 g/mol. The van der Waals surface area contributed by atoms with Gasteiger partial charge in [0.2, 0.25) is 5.88 Å². The summed E-state index contributed by atoms with van der Waals surface area (Å²) in [6, 6.07) is 19.3. The molecule has 108 valence electrons. The highest BCUT2D eigenvalue weighted by atomic mass is 16.5. The molecule has 3 aromatic carbocycles. The minimum atomic E-state index is 0.239. The number of fused-ring (bicyclic) bond motifs is 3. The molecule has 0 saturated carbocycles. The molecule has 0 unspecified atom stereocenters. The highest BCUT2D eigenvalue weighted by molar-refractivity contribution is 6.12. The van der Waals surface area contributed by atoms with Gasteiger partial charge in [-0.3, -0.25) is 0 Å². The Kier molecular flexibility index (Phi) is 2.76. The van der Waals surface area contributed by atoms with Gasteiger partial charge in [0, 0.05) is 16.8 Å². The number of nitrogens with zero attached hydrogens (tertiary/aromatic N) is 2. The molecule has 0 amide bonds. The molecule has 4 nitrogen and oxygen atoms in total. The van der Waals surface area contributed by atoms with E-state index in [2.05, 4.69) is 5.10 Å². The van der Waals surface area contributed by atoms with Gasteiger partial charge in [0.05, 0.1) is 23.7 Å². The third kappa shape index (κ3) is 1.74. The Balaban J connectivity index is 2.17. The van der Waals surface area contributed by atoms with E-state index in [4.69, 9.17) is 4.74 Å². The van der Waals surface area contributed by atoms with Crippen LogP contribution >= 0.6 is 0 Å². The van der Waals surface area contributed by atoms with Crippen molar-refractivity contribution in [3.8, 4) is 17.3 Å². The molecule has 4 aromatic rings. The lowest BCUT2D eigenvalue weighted by Gasteiger charge is -2.06. The molecule has 1 heterocycles. The normalized spacial score (nSPS) is 11.1.